The summed E-state index contributed by atoms with van der Waals surface area (Å²) >= 11 is 0. The summed E-state index contributed by atoms with van der Waals surface area (Å²) in [4.78, 5) is 20.6. The lowest BCUT2D eigenvalue weighted by molar-refractivity contribution is -0.125. The SMILES string of the molecule is C.C.C.C.C.C=CC#N.N#CCC(N)=O.N#CCCC(C#N)(CCC#N)C(N)=O. The maximum atomic E-state index is 11.0. The second-order valence-electron chi connectivity index (χ2n) is 4.01. The first-order chi connectivity index (χ1) is 11.3. The third kappa shape index (κ3) is 32.3. The van der Waals surface area contributed by atoms with Crippen molar-refractivity contribution in [3.63, 3.8) is 0 Å². The molecule has 0 aliphatic carbocycles. The molecule has 0 unspecified atom stereocenters. The smallest absolute Gasteiger partial charge is 0.237 e. The van der Waals surface area contributed by atoms with E-state index in [1.165, 1.54) is 6.08 Å². The average molecular weight is 408 g/mol. The number of nitrogens with two attached hydrogens (primary N) is 2. The maximum Gasteiger partial charge on any atom is 0.237 e. The highest BCUT2D eigenvalue weighted by molar-refractivity contribution is 5.83. The Bertz CT molecular complexity index is 606. The van der Waals surface area contributed by atoms with Gasteiger partial charge in [0, 0.05) is 18.9 Å². The highest BCUT2D eigenvalue weighted by Gasteiger charge is 2.35. The molecule has 29 heavy (non-hydrogen) atoms. The van der Waals surface area contributed by atoms with Crippen molar-refractivity contribution in [2.75, 3.05) is 0 Å². The van der Waals surface area contributed by atoms with Crippen molar-refractivity contribution in [1.29, 1.82) is 26.3 Å². The minimum Gasteiger partial charge on any atom is -0.369 e. The highest BCUT2D eigenvalue weighted by atomic mass is 16.1. The quantitative estimate of drug-likeness (QED) is 0.621. The van der Waals surface area contributed by atoms with Crippen LogP contribution < -0.4 is 11.5 Å². The topological polar surface area (TPSA) is 205 Å². The van der Waals surface area contributed by atoms with Gasteiger partial charge in [0.25, 0.3) is 0 Å². The minimum atomic E-state index is -1.36. The normalized spacial score (nSPS) is 6.45. The lowest BCUT2D eigenvalue weighted by atomic mass is 9.80. The molecule has 0 spiro atoms. The number of primary amides is 2. The third-order valence-electron chi connectivity index (χ3n) is 2.36. The highest BCUT2D eigenvalue weighted by Crippen LogP contribution is 2.28. The number of hydrogen-bond acceptors (Lipinski definition) is 7. The number of allylic oxidation sites excluding steroid dienone is 1. The van der Waals surface area contributed by atoms with Crippen LogP contribution in [0, 0.1) is 62.1 Å². The van der Waals surface area contributed by atoms with Gasteiger partial charge in [-0.3, -0.25) is 9.59 Å². The van der Waals surface area contributed by atoms with Gasteiger partial charge in [-0.15, -0.1) is 0 Å². The summed E-state index contributed by atoms with van der Waals surface area (Å²) in [6.45, 7) is 3.12. The monoisotopic (exact) mass is 407 g/mol. The first-order valence-electron chi connectivity index (χ1n) is 6.42. The number of amides is 2. The van der Waals surface area contributed by atoms with Crippen LogP contribution in [0.25, 0.3) is 0 Å². The summed E-state index contributed by atoms with van der Waals surface area (Å²) < 4.78 is 0. The molecular formula is C20H37N7O2. The van der Waals surface area contributed by atoms with Gasteiger partial charge < -0.3 is 11.5 Å². The Labute approximate surface area is 177 Å². The van der Waals surface area contributed by atoms with E-state index in [2.05, 4.69) is 12.3 Å². The predicted octanol–water partition coefficient (Wildman–Crippen LogP) is 3.85. The molecule has 0 aliphatic heterocycles. The molecule has 0 rings (SSSR count). The van der Waals surface area contributed by atoms with Crippen molar-refractivity contribution < 1.29 is 9.59 Å². The van der Waals surface area contributed by atoms with Crippen molar-refractivity contribution in [3.05, 3.63) is 12.7 Å². The van der Waals surface area contributed by atoms with E-state index in [0.29, 0.717) is 0 Å². The fourth-order valence-electron chi connectivity index (χ4n) is 1.15. The Morgan fingerprint density at radius 3 is 1.28 bits per heavy atom. The summed E-state index contributed by atoms with van der Waals surface area (Å²) in [6.07, 6.45) is 1.36. The van der Waals surface area contributed by atoms with Crippen LogP contribution in [-0.4, -0.2) is 11.8 Å². The molecule has 0 aromatic rings. The van der Waals surface area contributed by atoms with Crippen molar-refractivity contribution in [2.45, 2.75) is 69.2 Å². The number of rotatable bonds is 6. The molecule has 0 radical (unpaired) electrons. The Kier molecular flexibility index (Phi) is 60.7. The zero-order valence-electron chi connectivity index (χ0n) is 13.0. The summed E-state index contributed by atoms with van der Waals surface area (Å²) in [5.41, 5.74) is 8.27. The fraction of sp³-hybridized carbons (Fsp3) is 0.550. The second-order valence-corrected chi connectivity index (χ2v) is 4.01. The van der Waals surface area contributed by atoms with E-state index in [-0.39, 0.29) is 69.2 Å². The van der Waals surface area contributed by atoms with Gasteiger partial charge >= 0.3 is 0 Å². The van der Waals surface area contributed by atoms with Crippen LogP contribution in [0.5, 0.6) is 0 Å². The molecule has 0 heterocycles. The summed E-state index contributed by atoms with van der Waals surface area (Å²) in [5, 5.41) is 40.7. The molecule has 9 nitrogen and oxygen atoms in total. The van der Waals surface area contributed by atoms with Gasteiger partial charge in [-0.05, 0) is 12.8 Å². The van der Waals surface area contributed by atoms with E-state index in [1.54, 1.807) is 12.1 Å². The van der Waals surface area contributed by atoms with Crippen LogP contribution >= 0.6 is 0 Å². The lowest BCUT2D eigenvalue weighted by Crippen LogP contribution is -2.35. The van der Waals surface area contributed by atoms with Crippen LogP contribution in [0.4, 0.5) is 0 Å². The first kappa shape index (κ1) is 49.9. The standard InChI is InChI=1S/C9H10N4O.C3H4N2O.C3H3N.5CH4/c10-5-1-3-9(7-12,8(13)14)4-2-6-11;4-2-1-3(5)6;1-2-3-4;;;;;/h1-4H2,(H2,13,14);1H2,(H2,5,6);2H,1H2;5*1H4. The van der Waals surface area contributed by atoms with Gasteiger partial charge in [-0.2, -0.15) is 26.3 Å². The van der Waals surface area contributed by atoms with Crippen molar-refractivity contribution in [1.82, 2.24) is 0 Å². The van der Waals surface area contributed by atoms with E-state index >= 15 is 0 Å². The largest absolute Gasteiger partial charge is 0.369 e. The van der Waals surface area contributed by atoms with Gasteiger partial charge in [0.05, 0.1) is 30.3 Å². The minimum absolute atomic E-state index is 0. The van der Waals surface area contributed by atoms with Crippen LogP contribution in [0.3, 0.4) is 0 Å². The van der Waals surface area contributed by atoms with Crippen molar-refractivity contribution in [3.8, 4) is 30.3 Å². The maximum absolute atomic E-state index is 11.0. The number of nitrogens with zero attached hydrogens (tertiary/aromatic N) is 5. The fourth-order valence-corrected chi connectivity index (χ4v) is 1.15. The zero-order valence-corrected chi connectivity index (χ0v) is 13.0. The first-order valence-corrected chi connectivity index (χ1v) is 6.42. The number of hydrogen-bond donors (Lipinski definition) is 2. The van der Waals surface area contributed by atoms with Crippen molar-refractivity contribution in [2.24, 2.45) is 16.9 Å². The van der Waals surface area contributed by atoms with Crippen LogP contribution in [0.1, 0.15) is 69.2 Å². The Balaban J connectivity index is -0.0000000421. The molecule has 0 atom stereocenters. The van der Waals surface area contributed by atoms with Gasteiger partial charge in [0.1, 0.15) is 11.8 Å². The zero-order chi connectivity index (χ0) is 19.4. The Morgan fingerprint density at radius 1 is 0.828 bits per heavy atom. The number of carbonyl (C=O) groups is 2. The van der Waals surface area contributed by atoms with Gasteiger partial charge in [-0.25, -0.2) is 0 Å². The van der Waals surface area contributed by atoms with Gasteiger partial charge in [-0.1, -0.05) is 43.7 Å². The van der Waals surface area contributed by atoms with Gasteiger partial charge in [0.2, 0.25) is 11.8 Å². The summed E-state index contributed by atoms with van der Waals surface area (Å²) in [7, 11) is 0. The molecule has 0 saturated heterocycles. The lowest BCUT2D eigenvalue weighted by Gasteiger charge is -2.19. The van der Waals surface area contributed by atoms with Crippen LogP contribution in [0.2, 0.25) is 0 Å². The number of nitriles is 5. The number of carbonyl (C=O) groups excluding carboxylic acids is 2. The molecule has 4 N–H and O–H groups in total. The Hall–Kier alpha value is -3.87. The van der Waals surface area contributed by atoms with Crippen LogP contribution in [-0.2, 0) is 9.59 Å². The van der Waals surface area contributed by atoms with E-state index in [0.717, 1.165) is 0 Å². The molecule has 0 aromatic heterocycles. The van der Waals surface area contributed by atoms with E-state index in [9.17, 15) is 9.59 Å². The van der Waals surface area contributed by atoms with E-state index in [4.69, 9.17) is 32.0 Å². The van der Waals surface area contributed by atoms with Crippen molar-refractivity contribution >= 4 is 11.8 Å². The van der Waals surface area contributed by atoms with Crippen LogP contribution in [0.15, 0.2) is 12.7 Å². The van der Waals surface area contributed by atoms with E-state index in [1.807, 2.05) is 18.2 Å². The third-order valence-corrected chi connectivity index (χ3v) is 2.36. The molecule has 0 fully saturated rings. The van der Waals surface area contributed by atoms with Gasteiger partial charge in [0.15, 0.2) is 0 Å². The Morgan fingerprint density at radius 2 is 1.17 bits per heavy atom. The summed E-state index contributed by atoms with van der Waals surface area (Å²) in [6, 6.07) is 8.79. The molecular weight excluding hydrogens is 370 g/mol. The molecule has 9 heteroatoms. The summed E-state index contributed by atoms with van der Waals surface area (Å²) in [5.74, 6) is -1.33. The molecule has 0 bridgehead atoms. The molecule has 0 aromatic carbocycles. The molecule has 2 amide bonds. The molecule has 0 aliphatic rings. The average Bonchev–Trinajstić information content (AvgIpc) is 2.56. The second kappa shape index (κ2) is 35.3. The van der Waals surface area contributed by atoms with E-state index < -0.39 is 17.2 Å². The molecule has 164 valence electrons. The molecule has 0 saturated carbocycles. The predicted molar refractivity (Wildman–Crippen MR) is 116 cm³/mol.